The first-order chi connectivity index (χ1) is 10.0. The largest absolute Gasteiger partial charge is 0.416 e. The zero-order chi connectivity index (χ0) is 17.1. The van der Waals surface area contributed by atoms with Crippen LogP contribution in [0, 0.1) is 6.92 Å². The Morgan fingerprint density at radius 3 is 2.36 bits per heavy atom. The number of likely N-dealkylation sites (N-methyl/N-ethyl adjacent to an activating group) is 2. The van der Waals surface area contributed by atoms with E-state index in [0.717, 1.165) is 16.4 Å². The van der Waals surface area contributed by atoms with E-state index in [2.05, 4.69) is 5.32 Å². The Hall–Kier alpha value is -1.61. The summed E-state index contributed by atoms with van der Waals surface area (Å²) in [5, 5.41) is 2.27. The first-order valence-corrected chi connectivity index (χ1v) is 7.86. The van der Waals surface area contributed by atoms with Gasteiger partial charge in [-0.25, -0.2) is 8.42 Å². The van der Waals surface area contributed by atoms with Crippen LogP contribution in [0.5, 0.6) is 0 Å². The lowest BCUT2D eigenvalue weighted by Crippen LogP contribution is -2.39. The highest BCUT2D eigenvalue weighted by atomic mass is 32.2. The molecule has 0 bridgehead atoms. The quantitative estimate of drug-likeness (QED) is 0.890. The number of alkyl halides is 3. The summed E-state index contributed by atoms with van der Waals surface area (Å²) < 4.78 is 64.3. The molecule has 0 aromatic heterocycles. The smallest absolute Gasteiger partial charge is 0.358 e. The second-order valence-electron chi connectivity index (χ2n) is 4.58. The SMILES string of the molecule is CCN(CC(=O)NC)S(=O)(=O)c1ccc(C)c(C(F)(F)F)c1. The maximum atomic E-state index is 12.9. The summed E-state index contributed by atoms with van der Waals surface area (Å²) in [6.45, 7) is 2.26. The summed E-state index contributed by atoms with van der Waals surface area (Å²) >= 11 is 0. The van der Waals surface area contributed by atoms with E-state index in [1.165, 1.54) is 20.9 Å². The lowest BCUT2D eigenvalue weighted by atomic mass is 10.1. The number of carbonyl (C=O) groups is 1. The van der Waals surface area contributed by atoms with Gasteiger partial charge in [-0.15, -0.1) is 0 Å². The van der Waals surface area contributed by atoms with E-state index in [0.29, 0.717) is 6.07 Å². The summed E-state index contributed by atoms with van der Waals surface area (Å²) in [7, 11) is -2.84. The van der Waals surface area contributed by atoms with Gasteiger partial charge >= 0.3 is 6.18 Å². The molecule has 0 radical (unpaired) electrons. The third kappa shape index (κ3) is 3.98. The van der Waals surface area contributed by atoms with Crippen molar-refractivity contribution in [2.45, 2.75) is 24.9 Å². The minimum atomic E-state index is -4.65. The highest BCUT2D eigenvalue weighted by molar-refractivity contribution is 7.89. The van der Waals surface area contributed by atoms with Crippen molar-refractivity contribution in [3.63, 3.8) is 0 Å². The molecule has 0 atom stereocenters. The van der Waals surface area contributed by atoms with E-state index in [-0.39, 0.29) is 12.1 Å². The fraction of sp³-hybridized carbons (Fsp3) is 0.462. The van der Waals surface area contributed by atoms with Gasteiger partial charge < -0.3 is 5.32 Å². The van der Waals surface area contributed by atoms with Gasteiger partial charge in [0.15, 0.2) is 0 Å². The van der Waals surface area contributed by atoms with Gasteiger partial charge in [0.1, 0.15) is 0 Å². The summed E-state index contributed by atoms with van der Waals surface area (Å²) in [5.74, 6) is -0.548. The molecule has 0 aliphatic carbocycles. The molecule has 1 rings (SSSR count). The maximum Gasteiger partial charge on any atom is 0.416 e. The normalized spacial score (nSPS) is 12.5. The van der Waals surface area contributed by atoms with Gasteiger partial charge in [0, 0.05) is 13.6 Å². The molecule has 0 aliphatic heterocycles. The zero-order valence-electron chi connectivity index (χ0n) is 12.4. The van der Waals surface area contributed by atoms with Crippen LogP contribution in [-0.4, -0.2) is 38.8 Å². The summed E-state index contributed by atoms with van der Waals surface area (Å²) in [6.07, 6.45) is -4.65. The highest BCUT2D eigenvalue weighted by Gasteiger charge is 2.34. The lowest BCUT2D eigenvalue weighted by Gasteiger charge is -2.20. The number of hydrogen-bond donors (Lipinski definition) is 1. The predicted molar refractivity (Wildman–Crippen MR) is 74.7 cm³/mol. The molecule has 9 heteroatoms. The molecule has 1 amide bonds. The number of halogens is 3. The fourth-order valence-electron chi connectivity index (χ4n) is 1.82. The molecular weight excluding hydrogens is 321 g/mol. The molecule has 5 nitrogen and oxygen atoms in total. The van der Waals surface area contributed by atoms with E-state index in [1.807, 2.05) is 0 Å². The number of nitrogens with one attached hydrogen (secondary N) is 1. The number of nitrogens with zero attached hydrogens (tertiary/aromatic N) is 1. The Bertz CT molecular complexity index is 657. The van der Waals surface area contributed by atoms with Gasteiger partial charge in [-0.1, -0.05) is 13.0 Å². The average molecular weight is 338 g/mol. The molecule has 0 fully saturated rings. The number of aryl methyl sites for hydroxylation is 1. The molecule has 1 N–H and O–H groups in total. The van der Waals surface area contributed by atoms with E-state index in [9.17, 15) is 26.4 Å². The molecule has 0 heterocycles. The predicted octanol–water partition coefficient (Wildman–Crippen LogP) is 1.77. The number of benzene rings is 1. The second kappa shape index (κ2) is 6.66. The molecular formula is C13H17F3N2O3S. The highest BCUT2D eigenvalue weighted by Crippen LogP contribution is 2.33. The van der Waals surface area contributed by atoms with Crippen LogP contribution in [0.3, 0.4) is 0 Å². The van der Waals surface area contributed by atoms with Crippen molar-refractivity contribution >= 4 is 15.9 Å². The molecule has 0 unspecified atom stereocenters. The summed E-state index contributed by atoms with van der Waals surface area (Å²) in [5.41, 5.74) is -1.08. The third-order valence-corrected chi connectivity index (χ3v) is 5.02. The monoisotopic (exact) mass is 338 g/mol. The van der Waals surface area contributed by atoms with Crippen molar-refractivity contribution in [1.82, 2.24) is 9.62 Å². The van der Waals surface area contributed by atoms with Crippen molar-refractivity contribution in [2.24, 2.45) is 0 Å². The van der Waals surface area contributed by atoms with Gasteiger partial charge in [0.2, 0.25) is 15.9 Å². The van der Waals surface area contributed by atoms with Crippen LogP contribution in [0.2, 0.25) is 0 Å². The first kappa shape index (κ1) is 18.4. The topological polar surface area (TPSA) is 66.5 Å². The number of carbonyl (C=O) groups excluding carboxylic acids is 1. The number of sulfonamides is 1. The van der Waals surface area contributed by atoms with E-state index >= 15 is 0 Å². The molecule has 0 spiro atoms. The fourth-order valence-corrected chi connectivity index (χ4v) is 3.25. The maximum absolute atomic E-state index is 12.9. The summed E-state index contributed by atoms with van der Waals surface area (Å²) in [6, 6.07) is 2.80. The minimum Gasteiger partial charge on any atom is -0.358 e. The third-order valence-electron chi connectivity index (χ3n) is 3.10. The molecule has 0 saturated heterocycles. The minimum absolute atomic E-state index is 0.0367. The van der Waals surface area contributed by atoms with Crippen molar-refractivity contribution < 1.29 is 26.4 Å². The average Bonchev–Trinajstić information content (AvgIpc) is 2.43. The Morgan fingerprint density at radius 1 is 1.32 bits per heavy atom. The van der Waals surface area contributed by atoms with Gasteiger partial charge in [-0.05, 0) is 24.6 Å². The molecule has 1 aromatic carbocycles. The van der Waals surface area contributed by atoms with Crippen molar-refractivity contribution in [3.8, 4) is 0 Å². The summed E-state index contributed by atoms with van der Waals surface area (Å²) in [4.78, 5) is 10.9. The van der Waals surface area contributed by atoms with Crippen molar-refractivity contribution in [1.29, 1.82) is 0 Å². The van der Waals surface area contributed by atoms with Gasteiger partial charge in [0.25, 0.3) is 0 Å². The Kier molecular flexibility index (Phi) is 5.58. The van der Waals surface area contributed by atoms with E-state index in [4.69, 9.17) is 0 Å². The Morgan fingerprint density at radius 2 is 1.91 bits per heavy atom. The Labute approximate surface area is 127 Å². The first-order valence-electron chi connectivity index (χ1n) is 6.42. The zero-order valence-corrected chi connectivity index (χ0v) is 13.2. The van der Waals surface area contributed by atoms with Gasteiger partial charge in [-0.3, -0.25) is 4.79 Å². The van der Waals surface area contributed by atoms with Crippen LogP contribution in [-0.2, 0) is 21.0 Å². The molecule has 22 heavy (non-hydrogen) atoms. The van der Waals surface area contributed by atoms with Crippen LogP contribution >= 0.6 is 0 Å². The number of amides is 1. The van der Waals surface area contributed by atoms with Crippen LogP contribution in [0.1, 0.15) is 18.1 Å². The van der Waals surface area contributed by atoms with E-state index in [1.54, 1.807) is 0 Å². The van der Waals surface area contributed by atoms with Crippen LogP contribution in [0.15, 0.2) is 23.1 Å². The molecule has 124 valence electrons. The van der Waals surface area contributed by atoms with Crippen LogP contribution < -0.4 is 5.32 Å². The number of rotatable bonds is 5. The van der Waals surface area contributed by atoms with E-state index < -0.39 is 39.1 Å². The molecule has 0 aliphatic rings. The van der Waals surface area contributed by atoms with Crippen LogP contribution in [0.25, 0.3) is 0 Å². The Balaban J connectivity index is 3.30. The van der Waals surface area contributed by atoms with Gasteiger partial charge in [-0.2, -0.15) is 17.5 Å². The lowest BCUT2D eigenvalue weighted by molar-refractivity contribution is -0.138. The van der Waals surface area contributed by atoms with Gasteiger partial charge in [0.05, 0.1) is 17.0 Å². The van der Waals surface area contributed by atoms with Crippen molar-refractivity contribution in [3.05, 3.63) is 29.3 Å². The standard InChI is InChI=1S/C13H17F3N2O3S/c1-4-18(8-12(19)17-3)22(20,21)10-6-5-9(2)11(7-10)13(14,15)16/h5-7H,4,8H2,1-3H3,(H,17,19). The number of hydrogen-bond acceptors (Lipinski definition) is 3. The second-order valence-corrected chi connectivity index (χ2v) is 6.52. The van der Waals surface area contributed by atoms with Crippen molar-refractivity contribution in [2.75, 3.05) is 20.1 Å². The molecule has 1 aromatic rings. The molecule has 0 saturated carbocycles. The van der Waals surface area contributed by atoms with Crippen LogP contribution in [0.4, 0.5) is 13.2 Å².